The van der Waals surface area contributed by atoms with Gasteiger partial charge in [-0.05, 0) is 40.8 Å². The van der Waals surface area contributed by atoms with E-state index in [9.17, 15) is 13.2 Å². The molecule has 66 valence electrons. The number of phenolic OH excluding ortho intramolecular Hbond substituents is 1. The second-order valence-corrected chi connectivity index (χ2v) is 3.40. The molecule has 1 nitrogen and oxygen atoms in total. The Morgan fingerprint density at radius 1 is 1.25 bits per heavy atom. The Bertz CT molecular complexity index is 295. The molecule has 0 saturated heterocycles. The highest BCUT2D eigenvalue weighted by Gasteiger charge is 2.33. The van der Waals surface area contributed by atoms with Gasteiger partial charge < -0.3 is 5.11 Å². The number of phenols is 1. The van der Waals surface area contributed by atoms with E-state index in [1.807, 2.05) is 0 Å². The monoisotopic (exact) mass is 288 g/mol. The van der Waals surface area contributed by atoms with Crippen molar-refractivity contribution in [1.82, 2.24) is 0 Å². The second-order valence-electron chi connectivity index (χ2n) is 2.16. The fraction of sp³-hybridized carbons (Fsp3) is 0.143. The normalized spacial score (nSPS) is 11.7. The van der Waals surface area contributed by atoms with E-state index in [0.717, 1.165) is 12.1 Å². The first-order valence-corrected chi connectivity index (χ1v) is 4.05. The number of hydrogen-bond acceptors (Lipinski definition) is 1. The number of halogens is 4. The van der Waals surface area contributed by atoms with Gasteiger partial charge in [-0.3, -0.25) is 0 Å². The summed E-state index contributed by atoms with van der Waals surface area (Å²) in [4.78, 5) is 0. The smallest absolute Gasteiger partial charge is 0.419 e. The van der Waals surface area contributed by atoms with Crippen molar-refractivity contribution in [3.05, 3.63) is 27.3 Å². The minimum absolute atomic E-state index is 0.442. The third-order valence-electron chi connectivity index (χ3n) is 1.26. The summed E-state index contributed by atoms with van der Waals surface area (Å²) in [5, 5.41) is 8.85. The molecule has 1 rings (SSSR count). The maximum absolute atomic E-state index is 12.1. The number of alkyl halides is 3. The summed E-state index contributed by atoms with van der Waals surface area (Å²) in [7, 11) is 0. The summed E-state index contributed by atoms with van der Waals surface area (Å²) in [5.74, 6) is -0.733. The maximum atomic E-state index is 12.1. The van der Waals surface area contributed by atoms with Crippen LogP contribution in [0.25, 0.3) is 0 Å². The molecule has 1 aromatic rings. The maximum Gasteiger partial charge on any atom is 0.419 e. The van der Waals surface area contributed by atoms with Gasteiger partial charge in [0.1, 0.15) is 5.75 Å². The molecule has 0 amide bonds. The highest BCUT2D eigenvalue weighted by atomic mass is 127. The molecule has 1 aromatic carbocycles. The lowest BCUT2D eigenvalue weighted by Gasteiger charge is -2.08. The van der Waals surface area contributed by atoms with E-state index < -0.39 is 17.5 Å². The summed E-state index contributed by atoms with van der Waals surface area (Å²) in [6, 6.07) is 3.34. The molecule has 0 radical (unpaired) electrons. The molecule has 0 aliphatic rings. The van der Waals surface area contributed by atoms with E-state index in [1.165, 1.54) is 6.07 Å². The minimum atomic E-state index is -4.48. The van der Waals surface area contributed by atoms with Gasteiger partial charge in [0.15, 0.2) is 0 Å². The van der Waals surface area contributed by atoms with E-state index in [1.54, 1.807) is 22.6 Å². The van der Waals surface area contributed by atoms with Crippen LogP contribution in [0.3, 0.4) is 0 Å². The molecule has 12 heavy (non-hydrogen) atoms. The van der Waals surface area contributed by atoms with Gasteiger partial charge >= 0.3 is 6.18 Å². The highest BCUT2D eigenvalue weighted by Crippen LogP contribution is 2.36. The molecule has 0 unspecified atom stereocenters. The van der Waals surface area contributed by atoms with Crippen molar-refractivity contribution in [3.8, 4) is 5.75 Å². The summed E-state index contributed by atoms with van der Waals surface area (Å²) < 4.78 is 36.6. The van der Waals surface area contributed by atoms with Crippen LogP contribution in [0.2, 0.25) is 0 Å². The molecule has 1 N–H and O–H groups in total. The van der Waals surface area contributed by atoms with E-state index in [2.05, 4.69) is 0 Å². The molecule has 0 saturated carbocycles. The van der Waals surface area contributed by atoms with Crippen LogP contribution in [-0.2, 0) is 6.18 Å². The van der Waals surface area contributed by atoms with Crippen LogP contribution in [0.1, 0.15) is 5.56 Å². The van der Waals surface area contributed by atoms with Crippen molar-refractivity contribution < 1.29 is 18.3 Å². The number of benzene rings is 1. The lowest BCUT2D eigenvalue weighted by atomic mass is 10.2. The van der Waals surface area contributed by atoms with Crippen molar-refractivity contribution in [2.45, 2.75) is 6.18 Å². The van der Waals surface area contributed by atoms with Crippen LogP contribution in [0.4, 0.5) is 13.2 Å². The van der Waals surface area contributed by atoms with Crippen molar-refractivity contribution >= 4 is 22.6 Å². The van der Waals surface area contributed by atoms with Gasteiger partial charge in [-0.1, -0.05) is 0 Å². The Morgan fingerprint density at radius 3 is 2.25 bits per heavy atom. The zero-order chi connectivity index (χ0) is 9.35. The molecule has 0 bridgehead atoms. The van der Waals surface area contributed by atoms with Gasteiger partial charge in [0.2, 0.25) is 0 Å². The van der Waals surface area contributed by atoms with Crippen LogP contribution in [0.15, 0.2) is 18.2 Å². The molecule has 0 aromatic heterocycles. The zero-order valence-corrected chi connectivity index (χ0v) is 7.85. The van der Waals surface area contributed by atoms with Gasteiger partial charge in [0.25, 0.3) is 0 Å². The first-order valence-electron chi connectivity index (χ1n) is 2.97. The molecule has 0 spiro atoms. The molecule has 0 atom stereocenters. The number of aromatic hydroxyl groups is 1. The Kier molecular flexibility index (Phi) is 2.50. The third-order valence-corrected chi connectivity index (χ3v) is 1.93. The fourth-order valence-corrected chi connectivity index (χ4v) is 1.23. The number of rotatable bonds is 0. The third kappa shape index (κ3) is 2.02. The van der Waals surface area contributed by atoms with Crippen molar-refractivity contribution in [1.29, 1.82) is 0 Å². The van der Waals surface area contributed by atoms with Gasteiger partial charge in [-0.15, -0.1) is 0 Å². The fourth-order valence-electron chi connectivity index (χ4n) is 0.735. The topological polar surface area (TPSA) is 20.2 Å². The molecule has 0 aliphatic heterocycles. The lowest BCUT2D eigenvalue weighted by molar-refractivity contribution is -0.138. The van der Waals surface area contributed by atoms with E-state index in [4.69, 9.17) is 5.11 Å². The average Bonchev–Trinajstić information content (AvgIpc) is 1.92. The lowest BCUT2D eigenvalue weighted by Crippen LogP contribution is -2.05. The predicted molar refractivity (Wildman–Crippen MR) is 45.8 cm³/mol. The Balaban J connectivity index is 3.23. The molecule has 0 fully saturated rings. The van der Waals surface area contributed by atoms with Crippen molar-refractivity contribution in [2.24, 2.45) is 0 Å². The van der Waals surface area contributed by atoms with Crippen LogP contribution in [0.5, 0.6) is 5.75 Å². The van der Waals surface area contributed by atoms with Crippen molar-refractivity contribution in [3.63, 3.8) is 0 Å². The molecular formula is C7H4F3IO. The van der Waals surface area contributed by atoms with Crippen LogP contribution < -0.4 is 0 Å². The summed E-state index contributed by atoms with van der Waals surface area (Å²) in [5.41, 5.74) is -0.991. The quantitative estimate of drug-likeness (QED) is 0.728. The summed E-state index contributed by atoms with van der Waals surface area (Å²) >= 11 is 1.75. The first kappa shape index (κ1) is 9.63. The Hall–Kier alpha value is -0.460. The first-order chi connectivity index (χ1) is 5.41. The minimum Gasteiger partial charge on any atom is -0.507 e. The van der Waals surface area contributed by atoms with Crippen molar-refractivity contribution in [2.75, 3.05) is 0 Å². The predicted octanol–water partition coefficient (Wildman–Crippen LogP) is 3.02. The average molecular weight is 288 g/mol. The zero-order valence-electron chi connectivity index (χ0n) is 5.69. The number of hydrogen-bond donors (Lipinski definition) is 1. The van der Waals surface area contributed by atoms with E-state index in [-0.39, 0.29) is 0 Å². The molecule has 0 heterocycles. The summed E-state index contributed by atoms with van der Waals surface area (Å²) in [6.07, 6.45) is -4.48. The van der Waals surface area contributed by atoms with Gasteiger partial charge in [0, 0.05) is 3.57 Å². The van der Waals surface area contributed by atoms with Gasteiger partial charge in [-0.25, -0.2) is 0 Å². The van der Waals surface area contributed by atoms with Gasteiger partial charge in [0.05, 0.1) is 5.56 Å². The van der Waals surface area contributed by atoms with E-state index in [0.29, 0.717) is 3.57 Å². The SMILES string of the molecule is Oc1ccc(I)cc1C(F)(F)F. The molecule has 5 heteroatoms. The molecular weight excluding hydrogens is 284 g/mol. The standard InChI is InChI=1S/C7H4F3IO/c8-7(9,10)5-3-4(11)1-2-6(5)12/h1-3,12H. The largest absolute Gasteiger partial charge is 0.507 e. The Morgan fingerprint density at radius 2 is 1.83 bits per heavy atom. The highest BCUT2D eigenvalue weighted by molar-refractivity contribution is 14.1. The van der Waals surface area contributed by atoms with Crippen LogP contribution in [-0.4, -0.2) is 5.11 Å². The van der Waals surface area contributed by atoms with E-state index >= 15 is 0 Å². The van der Waals surface area contributed by atoms with Gasteiger partial charge in [-0.2, -0.15) is 13.2 Å². The summed E-state index contributed by atoms with van der Waals surface area (Å²) in [6.45, 7) is 0. The Labute approximate surface area is 80.3 Å². The second kappa shape index (κ2) is 3.12. The molecule has 0 aliphatic carbocycles. The van der Waals surface area contributed by atoms with Crippen LogP contribution >= 0.6 is 22.6 Å². The van der Waals surface area contributed by atoms with Crippen LogP contribution in [0, 0.1) is 3.57 Å².